The predicted molar refractivity (Wildman–Crippen MR) is 301 cm³/mol. The van der Waals surface area contributed by atoms with Gasteiger partial charge in [-0.05, 0) is 57.8 Å². The molecule has 0 rings (SSSR count). The van der Waals surface area contributed by atoms with E-state index in [1.807, 2.05) is 0 Å². The molecule has 2 atom stereocenters. The van der Waals surface area contributed by atoms with Gasteiger partial charge in [-0.1, -0.05) is 295 Å². The predicted octanol–water partition coefficient (Wildman–Crippen LogP) is 19.4. The summed E-state index contributed by atoms with van der Waals surface area (Å²) in [5.74, 6) is -0.0523. The molecule has 408 valence electrons. The van der Waals surface area contributed by atoms with Gasteiger partial charge >= 0.3 is 5.97 Å². The number of rotatable bonds is 58. The number of ether oxygens (including phenoxy) is 1. The Morgan fingerprint density at radius 2 is 0.710 bits per heavy atom. The van der Waals surface area contributed by atoms with E-state index >= 15 is 0 Å². The van der Waals surface area contributed by atoms with Crippen molar-refractivity contribution in [3.63, 3.8) is 0 Å². The molecule has 0 aliphatic carbocycles. The topological polar surface area (TPSA) is 95.9 Å². The van der Waals surface area contributed by atoms with Crippen LogP contribution in [-0.2, 0) is 14.3 Å². The minimum atomic E-state index is -0.671. The molecule has 0 aromatic heterocycles. The van der Waals surface area contributed by atoms with Crippen molar-refractivity contribution >= 4 is 11.9 Å². The Kier molecular flexibility index (Phi) is 57.5. The van der Waals surface area contributed by atoms with Crippen LogP contribution in [0, 0.1) is 0 Å². The molecule has 69 heavy (non-hydrogen) atoms. The van der Waals surface area contributed by atoms with E-state index in [4.69, 9.17) is 4.74 Å². The van der Waals surface area contributed by atoms with Gasteiger partial charge in [0.1, 0.15) is 0 Å². The lowest BCUT2D eigenvalue weighted by Gasteiger charge is -2.22. The van der Waals surface area contributed by atoms with E-state index in [1.54, 1.807) is 0 Å². The number of carbonyl (C=O) groups is 2. The zero-order valence-corrected chi connectivity index (χ0v) is 46.6. The fourth-order valence-electron chi connectivity index (χ4n) is 9.75. The van der Waals surface area contributed by atoms with Crippen LogP contribution < -0.4 is 5.32 Å². The summed E-state index contributed by atoms with van der Waals surface area (Å²) in [4.78, 5) is 24.5. The summed E-state index contributed by atoms with van der Waals surface area (Å²) in [6, 6.07) is -0.549. The molecule has 0 aliphatic rings. The SMILES string of the molecule is CCCCCCCCCCCCCCCCCCCCCC(O)C(CO)NC(=O)CCCCCCCCCCCC/C=C\C=C/CCCCCOC(=O)CCCCCCCCCCCCCCCC. The molecule has 0 bridgehead atoms. The van der Waals surface area contributed by atoms with Crippen LogP contribution in [0.1, 0.15) is 341 Å². The van der Waals surface area contributed by atoms with Gasteiger partial charge in [0.25, 0.3) is 0 Å². The van der Waals surface area contributed by atoms with Crippen molar-refractivity contribution in [1.29, 1.82) is 0 Å². The van der Waals surface area contributed by atoms with E-state index in [2.05, 4.69) is 43.5 Å². The first-order chi connectivity index (χ1) is 34.0. The first-order valence-corrected chi connectivity index (χ1v) is 31.1. The number of hydrogen-bond donors (Lipinski definition) is 3. The number of allylic oxidation sites excluding steroid dienone is 4. The summed E-state index contributed by atoms with van der Waals surface area (Å²) >= 11 is 0. The minimum Gasteiger partial charge on any atom is -0.466 e. The number of aliphatic hydroxyl groups excluding tert-OH is 2. The molecule has 1 amide bonds. The lowest BCUT2D eigenvalue weighted by molar-refractivity contribution is -0.143. The Morgan fingerprint density at radius 1 is 0.406 bits per heavy atom. The van der Waals surface area contributed by atoms with Gasteiger partial charge in [-0.2, -0.15) is 0 Å². The summed E-state index contributed by atoms with van der Waals surface area (Å²) in [6.07, 6.45) is 71.8. The van der Waals surface area contributed by atoms with Gasteiger partial charge in [0.15, 0.2) is 0 Å². The zero-order chi connectivity index (χ0) is 50.0. The Labute approximate surface area is 431 Å². The Hall–Kier alpha value is -1.66. The van der Waals surface area contributed by atoms with E-state index in [0.717, 1.165) is 70.6 Å². The number of aliphatic hydroxyl groups is 2. The van der Waals surface area contributed by atoms with Crippen LogP contribution >= 0.6 is 0 Å². The highest BCUT2D eigenvalue weighted by molar-refractivity contribution is 5.76. The molecule has 6 nitrogen and oxygen atoms in total. The standard InChI is InChI=1S/C63H121NO5/c1-3-5-7-9-11-13-15-17-19-20-22-25-28-31-35-39-43-47-51-55-61(66)60(59-65)64-62(67)56-52-48-44-40-36-32-29-26-23-21-24-27-30-34-38-42-46-50-54-58-69-63(68)57-53-49-45-41-37-33-18-16-14-12-10-8-6-4-2/h27,30,34,38,60-61,65-66H,3-26,28-29,31-33,35-37,39-59H2,1-2H3,(H,64,67)/b30-27-,38-34-. The van der Waals surface area contributed by atoms with Gasteiger partial charge in [-0.25, -0.2) is 0 Å². The van der Waals surface area contributed by atoms with Crippen molar-refractivity contribution in [2.75, 3.05) is 13.2 Å². The fourth-order valence-corrected chi connectivity index (χ4v) is 9.75. The number of amides is 1. The molecular weight excluding hydrogens is 851 g/mol. The van der Waals surface area contributed by atoms with Crippen molar-refractivity contribution in [2.24, 2.45) is 0 Å². The van der Waals surface area contributed by atoms with Gasteiger partial charge < -0.3 is 20.3 Å². The van der Waals surface area contributed by atoms with Crippen LogP contribution in [0.4, 0.5) is 0 Å². The summed E-state index contributed by atoms with van der Waals surface area (Å²) in [5, 5.41) is 23.3. The third-order valence-electron chi connectivity index (χ3n) is 14.5. The second kappa shape index (κ2) is 58.9. The van der Waals surface area contributed by atoms with Gasteiger partial charge in [0.2, 0.25) is 5.91 Å². The van der Waals surface area contributed by atoms with Gasteiger partial charge in [-0.3, -0.25) is 9.59 Å². The molecule has 0 heterocycles. The highest BCUT2D eigenvalue weighted by Gasteiger charge is 2.20. The van der Waals surface area contributed by atoms with E-state index in [0.29, 0.717) is 25.9 Å². The van der Waals surface area contributed by atoms with Crippen molar-refractivity contribution in [1.82, 2.24) is 5.32 Å². The third kappa shape index (κ3) is 55.5. The number of carbonyl (C=O) groups excluding carboxylic acids is 2. The third-order valence-corrected chi connectivity index (χ3v) is 14.5. The second-order valence-electron chi connectivity index (χ2n) is 21.4. The zero-order valence-electron chi connectivity index (χ0n) is 46.6. The average molecular weight is 973 g/mol. The molecule has 2 unspecified atom stereocenters. The van der Waals surface area contributed by atoms with Crippen LogP contribution in [-0.4, -0.2) is 47.4 Å². The smallest absolute Gasteiger partial charge is 0.305 e. The molecule has 0 spiro atoms. The van der Waals surface area contributed by atoms with Crippen LogP contribution in [0.5, 0.6) is 0 Å². The van der Waals surface area contributed by atoms with E-state index < -0.39 is 12.1 Å². The summed E-state index contributed by atoms with van der Waals surface area (Å²) in [7, 11) is 0. The number of esters is 1. The monoisotopic (exact) mass is 972 g/mol. The number of unbranched alkanes of at least 4 members (excludes halogenated alkanes) is 44. The lowest BCUT2D eigenvalue weighted by Crippen LogP contribution is -2.45. The number of nitrogens with one attached hydrogen (secondary N) is 1. The summed E-state index contributed by atoms with van der Waals surface area (Å²) in [6.45, 7) is 4.94. The summed E-state index contributed by atoms with van der Waals surface area (Å²) < 4.78 is 5.46. The van der Waals surface area contributed by atoms with Crippen molar-refractivity contribution in [3.05, 3.63) is 24.3 Å². The van der Waals surface area contributed by atoms with Crippen LogP contribution in [0.2, 0.25) is 0 Å². The molecular formula is C63H121NO5. The van der Waals surface area contributed by atoms with Crippen molar-refractivity contribution in [3.8, 4) is 0 Å². The van der Waals surface area contributed by atoms with Crippen LogP contribution in [0.3, 0.4) is 0 Å². The highest BCUT2D eigenvalue weighted by atomic mass is 16.5. The molecule has 0 radical (unpaired) electrons. The van der Waals surface area contributed by atoms with Gasteiger partial charge in [0, 0.05) is 12.8 Å². The maximum absolute atomic E-state index is 12.5. The Balaban J connectivity index is 3.47. The summed E-state index contributed by atoms with van der Waals surface area (Å²) in [5.41, 5.74) is 0. The number of hydrogen-bond acceptors (Lipinski definition) is 5. The van der Waals surface area contributed by atoms with E-state index in [9.17, 15) is 19.8 Å². The van der Waals surface area contributed by atoms with Gasteiger partial charge in [-0.15, -0.1) is 0 Å². The molecule has 0 aromatic carbocycles. The largest absolute Gasteiger partial charge is 0.466 e. The Morgan fingerprint density at radius 3 is 1.07 bits per heavy atom. The quantitative estimate of drug-likeness (QED) is 0.0321. The van der Waals surface area contributed by atoms with E-state index in [1.165, 1.54) is 238 Å². The molecule has 0 saturated carbocycles. The fraction of sp³-hybridized carbons (Fsp3) is 0.905. The van der Waals surface area contributed by atoms with Crippen molar-refractivity contribution in [2.45, 2.75) is 353 Å². The maximum Gasteiger partial charge on any atom is 0.305 e. The highest BCUT2D eigenvalue weighted by Crippen LogP contribution is 2.18. The first kappa shape index (κ1) is 67.3. The van der Waals surface area contributed by atoms with Crippen molar-refractivity contribution < 1.29 is 24.5 Å². The normalized spacial score (nSPS) is 12.7. The molecule has 0 fully saturated rings. The molecule has 0 saturated heterocycles. The molecule has 3 N–H and O–H groups in total. The molecule has 6 heteroatoms. The molecule has 0 aromatic rings. The minimum absolute atomic E-state index is 0.0105. The molecule has 0 aliphatic heterocycles. The van der Waals surface area contributed by atoms with E-state index in [-0.39, 0.29) is 18.5 Å². The average Bonchev–Trinajstić information content (AvgIpc) is 3.35. The first-order valence-electron chi connectivity index (χ1n) is 31.1. The maximum atomic E-state index is 12.5. The lowest BCUT2D eigenvalue weighted by atomic mass is 10.0. The van der Waals surface area contributed by atoms with Gasteiger partial charge in [0.05, 0.1) is 25.4 Å². The van der Waals surface area contributed by atoms with Crippen LogP contribution in [0.25, 0.3) is 0 Å². The second-order valence-corrected chi connectivity index (χ2v) is 21.4. The Bertz CT molecular complexity index is 1080. The van der Waals surface area contributed by atoms with Crippen LogP contribution in [0.15, 0.2) is 24.3 Å².